The molecule has 1 heterocycles. The predicted octanol–water partition coefficient (Wildman–Crippen LogP) is 1.59. The van der Waals surface area contributed by atoms with Crippen LogP contribution in [0.3, 0.4) is 0 Å². The number of hydrogen-bond donors (Lipinski definition) is 1. The van der Waals surface area contributed by atoms with Gasteiger partial charge in [0.25, 0.3) is 0 Å². The first-order valence-electron chi connectivity index (χ1n) is 7.20. The Balaban J connectivity index is 1.75. The predicted molar refractivity (Wildman–Crippen MR) is 71.2 cm³/mol. The minimum absolute atomic E-state index is 0.613. The van der Waals surface area contributed by atoms with Crippen molar-refractivity contribution in [1.29, 1.82) is 0 Å². The molecule has 0 spiro atoms. The Morgan fingerprint density at radius 1 is 1.47 bits per heavy atom. The highest BCUT2D eigenvalue weighted by Crippen LogP contribution is 2.38. The standard InChI is InChI=1S/C14H28N2O/c1-4-15-14(12-5-6-17-10-12)9-16(3)8-13-7-11(13)2/h11-15H,4-10H2,1-3H3. The van der Waals surface area contributed by atoms with Crippen molar-refractivity contribution in [3.8, 4) is 0 Å². The van der Waals surface area contributed by atoms with Crippen molar-refractivity contribution in [2.24, 2.45) is 17.8 Å². The first kappa shape index (κ1) is 13.3. The van der Waals surface area contributed by atoms with Gasteiger partial charge < -0.3 is 15.0 Å². The summed E-state index contributed by atoms with van der Waals surface area (Å²) in [5.41, 5.74) is 0. The van der Waals surface area contributed by atoms with Gasteiger partial charge in [-0.1, -0.05) is 13.8 Å². The fraction of sp³-hybridized carbons (Fsp3) is 1.00. The topological polar surface area (TPSA) is 24.5 Å². The third kappa shape index (κ3) is 3.94. The van der Waals surface area contributed by atoms with Gasteiger partial charge in [-0.15, -0.1) is 0 Å². The molecule has 0 aromatic heterocycles. The van der Waals surface area contributed by atoms with E-state index in [0.717, 1.165) is 31.6 Å². The highest BCUT2D eigenvalue weighted by Gasteiger charge is 2.34. The molecule has 100 valence electrons. The Kier molecular flexibility index (Phi) is 4.83. The summed E-state index contributed by atoms with van der Waals surface area (Å²) in [4.78, 5) is 2.51. The van der Waals surface area contributed by atoms with Crippen molar-refractivity contribution in [2.45, 2.75) is 32.7 Å². The van der Waals surface area contributed by atoms with Crippen LogP contribution in [0.1, 0.15) is 26.7 Å². The Morgan fingerprint density at radius 3 is 2.76 bits per heavy atom. The molecule has 1 saturated carbocycles. The number of hydrogen-bond acceptors (Lipinski definition) is 3. The van der Waals surface area contributed by atoms with Gasteiger partial charge in [0.2, 0.25) is 0 Å². The molecular formula is C14H28N2O. The molecule has 3 heteroatoms. The van der Waals surface area contributed by atoms with E-state index in [-0.39, 0.29) is 0 Å². The molecule has 3 nitrogen and oxygen atoms in total. The molecule has 2 fully saturated rings. The lowest BCUT2D eigenvalue weighted by Gasteiger charge is -2.28. The van der Waals surface area contributed by atoms with Crippen LogP contribution in [0.2, 0.25) is 0 Å². The van der Waals surface area contributed by atoms with Crippen LogP contribution in [-0.2, 0) is 4.74 Å². The Hall–Kier alpha value is -0.120. The van der Waals surface area contributed by atoms with E-state index in [1.54, 1.807) is 0 Å². The van der Waals surface area contributed by atoms with Crippen molar-refractivity contribution in [3.05, 3.63) is 0 Å². The summed E-state index contributed by atoms with van der Waals surface area (Å²) in [6.45, 7) is 9.98. The maximum absolute atomic E-state index is 5.52. The van der Waals surface area contributed by atoms with Crippen molar-refractivity contribution in [2.75, 3.05) is 39.9 Å². The van der Waals surface area contributed by atoms with Crippen LogP contribution >= 0.6 is 0 Å². The maximum Gasteiger partial charge on any atom is 0.0510 e. The zero-order valence-corrected chi connectivity index (χ0v) is 11.6. The lowest BCUT2D eigenvalue weighted by molar-refractivity contribution is 0.166. The van der Waals surface area contributed by atoms with Crippen LogP contribution < -0.4 is 5.32 Å². The van der Waals surface area contributed by atoms with E-state index in [0.29, 0.717) is 12.0 Å². The second-order valence-corrected chi connectivity index (χ2v) is 5.98. The van der Waals surface area contributed by atoms with Crippen molar-refractivity contribution in [1.82, 2.24) is 10.2 Å². The van der Waals surface area contributed by atoms with Gasteiger partial charge >= 0.3 is 0 Å². The van der Waals surface area contributed by atoms with E-state index in [1.807, 2.05) is 0 Å². The van der Waals surface area contributed by atoms with Crippen LogP contribution in [-0.4, -0.2) is 50.8 Å². The van der Waals surface area contributed by atoms with Crippen LogP contribution in [0.4, 0.5) is 0 Å². The largest absolute Gasteiger partial charge is 0.381 e. The summed E-state index contributed by atoms with van der Waals surface area (Å²) in [7, 11) is 2.27. The van der Waals surface area contributed by atoms with E-state index in [1.165, 1.54) is 25.9 Å². The molecule has 4 atom stereocenters. The quantitative estimate of drug-likeness (QED) is 0.731. The van der Waals surface area contributed by atoms with Crippen molar-refractivity contribution >= 4 is 0 Å². The molecule has 0 aromatic rings. The van der Waals surface area contributed by atoms with Gasteiger partial charge in [0, 0.05) is 31.7 Å². The monoisotopic (exact) mass is 240 g/mol. The number of ether oxygens (including phenoxy) is 1. The molecule has 17 heavy (non-hydrogen) atoms. The smallest absolute Gasteiger partial charge is 0.0510 e. The molecule has 2 rings (SSSR count). The zero-order valence-electron chi connectivity index (χ0n) is 11.6. The summed E-state index contributed by atoms with van der Waals surface area (Å²) >= 11 is 0. The Labute approximate surface area is 106 Å². The number of nitrogens with one attached hydrogen (secondary N) is 1. The lowest BCUT2D eigenvalue weighted by atomic mass is 9.98. The number of nitrogens with zero attached hydrogens (tertiary/aromatic N) is 1. The Morgan fingerprint density at radius 2 is 2.24 bits per heavy atom. The molecule has 0 aromatic carbocycles. The van der Waals surface area contributed by atoms with Gasteiger partial charge in [0.1, 0.15) is 0 Å². The SMILES string of the molecule is CCNC(CN(C)CC1CC1C)C1CCOC1. The summed E-state index contributed by atoms with van der Waals surface area (Å²) in [5.74, 6) is 2.64. The van der Waals surface area contributed by atoms with Crippen molar-refractivity contribution < 1.29 is 4.74 Å². The fourth-order valence-electron chi connectivity index (χ4n) is 2.98. The van der Waals surface area contributed by atoms with Gasteiger partial charge in [-0.3, -0.25) is 0 Å². The van der Waals surface area contributed by atoms with Gasteiger partial charge in [-0.2, -0.15) is 0 Å². The van der Waals surface area contributed by atoms with Gasteiger partial charge in [0.05, 0.1) is 6.61 Å². The third-order valence-corrected chi connectivity index (χ3v) is 4.33. The summed E-state index contributed by atoms with van der Waals surface area (Å²) in [6, 6.07) is 0.613. The molecular weight excluding hydrogens is 212 g/mol. The molecule has 0 radical (unpaired) electrons. The van der Waals surface area contributed by atoms with Gasteiger partial charge in [-0.05, 0) is 38.3 Å². The maximum atomic E-state index is 5.52. The molecule has 1 N–H and O–H groups in total. The van der Waals surface area contributed by atoms with Crippen LogP contribution in [0.25, 0.3) is 0 Å². The van der Waals surface area contributed by atoms with Gasteiger partial charge in [-0.25, -0.2) is 0 Å². The van der Waals surface area contributed by atoms with E-state index < -0.39 is 0 Å². The number of likely N-dealkylation sites (N-methyl/N-ethyl adjacent to an activating group) is 2. The molecule has 1 aliphatic carbocycles. The number of rotatable bonds is 7. The average molecular weight is 240 g/mol. The molecule has 0 bridgehead atoms. The zero-order chi connectivity index (χ0) is 12.3. The fourth-order valence-corrected chi connectivity index (χ4v) is 2.98. The molecule has 0 amide bonds. The van der Waals surface area contributed by atoms with Gasteiger partial charge in [0.15, 0.2) is 0 Å². The average Bonchev–Trinajstić information content (AvgIpc) is 2.82. The second kappa shape index (κ2) is 6.17. The summed E-state index contributed by atoms with van der Waals surface area (Å²) in [5, 5.41) is 3.64. The van der Waals surface area contributed by atoms with E-state index in [4.69, 9.17) is 4.74 Å². The first-order chi connectivity index (χ1) is 8.20. The van der Waals surface area contributed by atoms with Crippen LogP contribution in [0.5, 0.6) is 0 Å². The molecule has 1 aliphatic heterocycles. The van der Waals surface area contributed by atoms with Crippen molar-refractivity contribution in [3.63, 3.8) is 0 Å². The molecule has 1 saturated heterocycles. The molecule has 4 unspecified atom stereocenters. The normalized spacial score (nSPS) is 34.2. The highest BCUT2D eigenvalue weighted by atomic mass is 16.5. The van der Waals surface area contributed by atoms with E-state index in [2.05, 4.69) is 31.1 Å². The third-order valence-electron chi connectivity index (χ3n) is 4.33. The Bertz CT molecular complexity index is 228. The lowest BCUT2D eigenvalue weighted by Crippen LogP contribution is -2.45. The summed E-state index contributed by atoms with van der Waals surface area (Å²) in [6.07, 6.45) is 2.66. The first-order valence-corrected chi connectivity index (χ1v) is 7.20. The second-order valence-electron chi connectivity index (χ2n) is 5.98. The minimum atomic E-state index is 0.613. The van der Waals surface area contributed by atoms with E-state index in [9.17, 15) is 0 Å². The van der Waals surface area contributed by atoms with Crippen LogP contribution in [0.15, 0.2) is 0 Å². The highest BCUT2D eigenvalue weighted by molar-refractivity contribution is 4.87. The minimum Gasteiger partial charge on any atom is -0.381 e. The van der Waals surface area contributed by atoms with Crippen LogP contribution in [0, 0.1) is 17.8 Å². The van der Waals surface area contributed by atoms with E-state index >= 15 is 0 Å². The summed E-state index contributed by atoms with van der Waals surface area (Å²) < 4.78 is 5.52. The molecule has 2 aliphatic rings.